The minimum absolute atomic E-state index is 0.434. The van der Waals surface area contributed by atoms with Crippen molar-refractivity contribution in [2.75, 3.05) is 7.11 Å². The standard InChI is InChI=1S/C17H10Br4O3/c1-3-17(8-6-4-5-7-9(8)23-2)11-10(16(22)24-17)12(18)14(20)15(21)13(11)19/h3-7H,1H2,2H3. The van der Waals surface area contributed by atoms with Crippen LogP contribution in [0.3, 0.4) is 0 Å². The molecule has 7 heteroatoms. The average molecular weight is 582 g/mol. The maximum Gasteiger partial charge on any atom is 0.341 e. The number of cyclic esters (lactones) is 1. The van der Waals surface area contributed by atoms with Crippen LogP contribution in [-0.4, -0.2) is 13.1 Å². The monoisotopic (exact) mass is 578 g/mol. The Morgan fingerprint density at radius 1 is 1.08 bits per heavy atom. The Morgan fingerprint density at radius 3 is 2.33 bits per heavy atom. The van der Waals surface area contributed by atoms with Crippen LogP contribution in [-0.2, 0) is 10.3 Å². The molecule has 1 aliphatic rings. The van der Waals surface area contributed by atoms with Gasteiger partial charge >= 0.3 is 5.97 Å². The third-order valence-electron chi connectivity index (χ3n) is 3.89. The number of methoxy groups -OCH3 is 1. The first-order valence-corrected chi connectivity index (χ1v) is 9.93. The van der Waals surface area contributed by atoms with Crippen LogP contribution in [0.1, 0.15) is 21.5 Å². The number of fused-ring (bicyclic) bond motifs is 1. The van der Waals surface area contributed by atoms with Crippen molar-refractivity contribution in [2.45, 2.75) is 5.60 Å². The van der Waals surface area contributed by atoms with Gasteiger partial charge in [0.2, 0.25) is 0 Å². The van der Waals surface area contributed by atoms with Gasteiger partial charge in [-0.05, 0) is 75.9 Å². The molecule has 0 N–H and O–H groups in total. The van der Waals surface area contributed by atoms with E-state index in [2.05, 4.69) is 70.3 Å². The lowest BCUT2D eigenvalue weighted by Gasteiger charge is -2.28. The molecule has 3 rings (SSSR count). The minimum atomic E-state index is -1.15. The van der Waals surface area contributed by atoms with Crippen LogP contribution in [0.15, 0.2) is 54.8 Å². The van der Waals surface area contributed by atoms with Crippen LogP contribution >= 0.6 is 63.7 Å². The predicted molar refractivity (Wildman–Crippen MR) is 107 cm³/mol. The van der Waals surface area contributed by atoms with E-state index in [1.165, 1.54) is 0 Å². The van der Waals surface area contributed by atoms with Gasteiger partial charge in [0.15, 0.2) is 5.60 Å². The molecule has 0 aromatic heterocycles. The Labute approximate surface area is 172 Å². The molecule has 0 fully saturated rings. The number of carbonyl (C=O) groups is 1. The molecule has 1 unspecified atom stereocenters. The van der Waals surface area contributed by atoms with Crippen molar-refractivity contribution < 1.29 is 14.3 Å². The van der Waals surface area contributed by atoms with Gasteiger partial charge in [0.05, 0.1) is 12.7 Å². The molecule has 24 heavy (non-hydrogen) atoms. The summed E-state index contributed by atoms with van der Waals surface area (Å²) in [6.45, 7) is 3.93. The molecule has 0 aliphatic carbocycles. The third-order valence-corrected chi connectivity index (χ3v) is 8.66. The molecule has 3 nitrogen and oxygen atoms in total. The average Bonchev–Trinajstić information content (AvgIpc) is 2.91. The summed E-state index contributed by atoms with van der Waals surface area (Å²) in [5, 5.41) is 0. The number of esters is 1. The van der Waals surface area contributed by atoms with E-state index in [0.29, 0.717) is 31.4 Å². The fourth-order valence-electron chi connectivity index (χ4n) is 2.82. The van der Waals surface area contributed by atoms with Crippen LogP contribution in [0.2, 0.25) is 0 Å². The molecule has 1 atom stereocenters. The highest BCUT2D eigenvalue weighted by molar-refractivity contribution is 9.15. The Morgan fingerprint density at radius 2 is 1.71 bits per heavy atom. The molecule has 0 bridgehead atoms. The summed E-state index contributed by atoms with van der Waals surface area (Å²) in [5.41, 5.74) is 0.678. The van der Waals surface area contributed by atoms with Crippen molar-refractivity contribution in [2.24, 2.45) is 0 Å². The smallest absolute Gasteiger partial charge is 0.341 e. The fourth-order valence-corrected chi connectivity index (χ4v) is 5.39. The number of para-hydroxylation sites is 1. The van der Waals surface area contributed by atoms with Crippen molar-refractivity contribution in [1.82, 2.24) is 0 Å². The Balaban J connectivity index is 2.45. The van der Waals surface area contributed by atoms with Gasteiger partial charge < -0.3 is 9.47 Å². The molecule has 2 aromatic carbocycles. The number of halogens is 4. The second-order valence-electron chi connectivity index (χ2n) is 5.04. The molecule has 0 spiro atoms. The minimum Gasteiger partial charge on any atom is -0.496 e. The Kier molecular flexibility index (Phi) is 4.99. The highest BCUT2D eigenvalue weighted by Gasteiger charge is 2.50. The van der Waals surface area contributed by atoms with Crippen LogP contribution in [0.4, 0.5) is 0 Å². The SMILES string of the molecule is C=CC1(c2ccccc2OC)OC(=O)c2c(Br)c(Br)c(Br)c(Br)c21. The van der Waals surface area contributed by atoms with E-state index >= 15 is 0 Å². The number of hydrogen-bond donors (Lipinski definition) is 0. The van der Waals surface area contributed by atoms with E-state index in [1.54, 1.807) is 13.2 Å². The Bertz CT molecular complexity index is 879. The molecular formula is C17H10Br4O3. The van der Waals surface area contributed by atoms with Crippen molar-refractivity contribution >= 4 is 69.7 Å². The Hall–Kier alpha value is -0.630. The molecular weight excluding hydrogens is 572 g/mol. The summed E-state index contributed by atoms with van der Waals surface area (Å²) in [5.74, 6) is 0.177. The van der Waals surface area contributed by atoms with Crippen LogP contribution in [0, 0.1) is 0 Å². The predicted octanol–water partition coefficient (Wildman–Crippen LogP) is 6.35. The van der Waals surface area contributed by atoms with Crippen molar-refractivity contribution in [3.05, 3.63) is 71.5 Å². The summed E-state index contributed by atoms with van der Waals surface area (Å²) < 4.78 is 14.1. The number of benzene rings is 2. The zero-order chi connectivity index (χ0) is 17.6. The largest absolute Gasteiger partial charge is 0.496 e. The van der Waals surface area contributed by atoms with Crippen molar-refractivity contribution in [3.63, 3.8) is 0 Å². The van der Waals surface area contributed by atoms with Gasteiger partial charge in [-0.15, -0.1) is 0 Å². The quantitative estimate of drug-likeness (QED) is 0.184. The molecule has 0 saturated heterocycles. The molecule has 0 radical (unpaired) electrons. The van der Waals surface area contributed by atoms with E-state index < -0.39 is 11.6 Å². The van der Waals surface area contributed by atoms with Gasteiger partial charge in [-0.2, -0.15) is 0 Å². The van der Waals surface area contributed by atoms with Crippen molar-refractivity contribution in [3.8, 4) is 5.75 Å². The highest BCUT2D eigenvalue weighted by atomic mass is 79.9. The van der Waals surface area contributed by atoms with Gasteiger partial charge in [0, 0.05) is 29.0 Å². The number of rotatable bonds is 3. The van der Waals surface area contributed by atoms with Gasteiger partial charge in [-0.3, -0.25) is 0 Å². The van der Waals surface area contributed by atoms with Gasteiger partial charge in [-0.25, -0.2) is 4.79 Å². The van der Waals surface area contributed by atoms with E-state index in [9.17, 15) is 4.79 Å². The van der Waals surface area contributed by atoms with Crippen LogP contribution < -0.4 is 4.74 Å². The van der Waals surface area contributed by atoms with Crippen molar-refractivity contribution in [1.29, 1.82) is 0 Å². The number of carbonyl (C=O) groups excluding carboxylic acids is 1. The fraction of sp³-hybridized carbons (Fsp3) is 0.118. The summed E-state index contributed by atoms with van der Waals surface area (Å²) in [4.78, 5) is 12.7. The van der Waals surface area contributed by atoms with E-state index in [-0.39, 0.29) is 0 Å². The molecule has 2 aromatic rings. The second kappa shape index (κ2) is 6.59. The number of hydrogen-bond acceptors (Lipinski definition) is 3. The third kappa shape index (κ3) is 2.43. The first-order chi connectivity index (χ1) is 11.4. The second-order valence-corrected chi connectivity index (χ2v) is 8.21. The zero-order valence-corrected chi connectivity index (χ0v) is 18.7. The van der Waals surface area contributed by atoms with Gasteiger partial charge in [0.25, 0.3) is 0 Å². The lowest BCUT2D eigenvalue weighted by Crippen LogP contribution is -2.26. The maximum absolute atomic E-state index is 12.7. The summed E-state index contributed by atoms with van der Waals surface area (Å²) in [6, 6.07) is 7.41. The van der Waals surface area contributed by atoms with Gasteiger partial charge in [0.1, 0.15) is 5.75 Å². The lowest BCUT2D eigenvalue weighted by atomic mass is 9.85. The lowest BCUT2D eigenvalue weighted by molar-refractivity contribution is 0.0268. The van der Waals surface area contributed by atoms with Gasteiger partial charge in [-0.1, -0.05) is 24.8 Å². The summed E-state index contributed by atoms with van der Waals surface area (Å²) in [6.07, 6.45) is 1.62. The molecule has 1 aliphatic heterocycles. The first-order valence-electron chi connectivity index (χ1n) is 6.75. The maximum atomic E-state index is 12.7. The van der Waals surface area contributed by atoms with E-state index in [0.717, 1.165) is 8.95 Å². The topological polar surface area (TPSA) is 35.5 Å². The van der Waals surface area contributed by atoms with Crippen LogP contribution in [0.5, 0.6) is 5.75 Å². The van der Waals surface area contributed by atoms with Crippen LogP contribution in [0.25, 0.3) is 0 Å². The molecule has 0 amide bonds. The van der Waals surface area contributed by atoms with E-state index in [1.807, 2.05) is 24.3 Å². The first kappa shape index (κ1) is 18.2. The highest BCUT2D eigenvalue weighted by Crippen LogP contribution is 2.54. The van der Waals surface area contributed by atoms with E-state index in [4.69, 9.17) is 9.47 Å². The molecule has 1 heterocycles. The summed E-state index contributed by atoms with van der Waals surface area (Å²) >= 11 is 14.1. The summed E-state index contributed by atoms with van der Waals surface area (Å²) in [7, 11) is 1.58. The zero-order valence-electron chi connectivity index (χ0n) is 12.3. The molecule has 0 saturated carbocycles. The molecule has 124 valence electrons. The normalized spacial score (nSPS) is 19.0. The number of ether oxygens (including phenoxy) is 2.